The topological polar surface area (TPSA) is 3.24 Å². The van der Waals surface area contributed by atoms with Crippen LogP contribution in [0.5, 0.6) is 0 Å². The van der Waals surface area contributed by atoms with E-state index in [9.17, 15) is 0 Å². The van der Waals surface area contributed by atoms with Crippen LogP contribution in [0.2, 0.25) is 0 Å². The van der Waals surface area contributed by atoms with Gasteiger partial charge >= 0.3 is 0 Å². The van der Waals surface area contributed by atoms with Crippen LogP contribution < -0.4 is 4.90 Å². The molecular formula is C28H31N. The molecule has 1 aliphatic rings. The molecule has 29 heavy (non-hydrogen) atoms. The van der Waals surface area contributed by atoms with Crippen molar-refractivity contribution in [3.8, 4) is 0 Å². The van der Waals surface area contributed by atoms with Crippen LogP contribution in [-0.4, -0.2) is 11.6 Å². The van der Waals surface area contributed by atoms with Crippen molar-refractivity contribution in [3.63, 3.8) is 0 Å². The summed E-state index contributed by atoms with van der Waals surface area (Å²) in [4.78, 5) is 2.61. The zero-order chi connectivity index (χ0) is 20.8. The smallest absolute Gasteiger partial charge is 0.0613 e. The molecule has 1 heteroatoms. The van der Waals surface area contributed by atoms with E-state index in [1.54, 1.807) is 0 Å². The van der Waals surface area contributed by atoms with Gasteiger partial charge in [-0.15, -0.1) is 0 Å². The van der Waals surface area contributed by atoms with Gasteiger partial charge in [0.15, 0.2) is 0 Å². The summed E-state index contributed by atoms with van der Waals surface area (Å²) >= 11 is 0. The molecule has 1 nitrogen and oxygen atoms in total. The van der Waals surface area contributed by atoms with Crippen LogP contribution in [0.15, 0.2) is 72.8 Å². The van der Waals surface area contributed by atoms with Crippen LogP contribution in [0.25, 0.3) is 11.1 Å². The zero-order valence-electron chi connectivity index (χ0n) is 18.5. The largest absolute Gasteiger partial charge is 0.355 e. The number of hydrogen-bond donors (Lipinski definition) is 0. The van der Waals surface area contributed by atoms with E-state index >= 15 is 0 Å². The summed E-state index contributed by atoms with van der Waals surface area (Å²) in [5.41, 5.74) is 10.7. The Morgan fingerprint density at radius 2 is 1.31 bits per heavy atom. The second kappa shape index (κ2) is 7.22. The van der Waals surface area contributed by atoms with Crippen LogP contribution in [0.3, 0.4) is 0 Å². The maximum absolute atomic E-state index is 2.61. The summed E-state index contributed by atoms with van der Waals surface area (Å²) in [7, 11) is 0. The molecule has 0 radical (unpaired) electrons. The van der Waals surface area contributed by atoms with Crippen LogP contribution in [0.1, 0.15) is 48.6 Å². The first-order chi connectivity index (χ1) is 13.8. The molecule has 1 heterocycles. The SMILES string of the molecule is Cc1cc(C)cc(C2=C(c3ccccc3)C(C)(C)N(c3ccccc3C)[C@H]2C)c1. The molecule has 0 bridgehead atoms. The van der Waals surface area contributed by atoms with E-state index < -0.39 is 0 Å². The first-order valence-electron chi connectivity index (χ1n) is 10.5. The van der Waals surface area contributed by atoms with Crippen molar-refractivity contribution in [2.45, 2.75) is 53.1 Å². The lowest BCUT2D eigenvalue weighted by Crippen LogP contribution is -2.45. The van der Waals surface area contributed by atoms with E-state index in [-0.39, 0.29) is 11.6 Å². The van der Waals surface area contributed by atoms with Gasteiger partial charge < -0.3 is 4.90 Å². The van der Waals surface area contributed by atoms with E-state index in [1.807, 2.05) is 0 Å². The summed E-state index contributed by atoms with van der Waals surface area (Å²) in [5.74, 6) is 0. The van der Waals surface area contributed by atoms with Crippen LogP contribution in [0.4, 0.5) is 5.69 Å². The third kappa shape index (κ3) is 3.29. The lowest BCUT2D eigenvalue weighted by molar-refractivity contribution is 0.580. The summed E-state index contributed by atoms with van der Waals surface area (Å²) in [6, 6.07) is 26.9. The van der Waals surface area contributed by atoms with Crippen molar-refractivity contribution in [1.82, 2.24) is 0 Å². The number of para-hydroxylation sites is 1. The van der Waals surface area contributed by atoms with Gasteiger partial charge in [0, 0.05) is 5.69 Å². The normalized spacial score (nSPS) is 18.4. The molecule has 0 aliphatic carbocycles. The van der Waals surface area contributed by atoms with Crippen molar-refractivity contribution in [2.75, 3.05) is 4.90 Å². The Kier molecular flexibility index (Phi) is 4.86. The average molecular weight is 382 g/mol. The van der Waals surface area contributed by atoms with Gasteiger partial charge in [-0.3, -0.25) is 0 Å². The van der Waals surface area contributed by atoms with E-state index in [0.717, 1.165) is 0 Å². The van der Waals surface area contributed by atoms with Gasteiger partial charge in [-0.05, 0) is 75.4 Å². The summed E-state index contributed by atoms with van der Waals surface area (Å²) in [6.45, 7) is 13.7. The highest BCUT2D eigenvalue weighted by atomic mass is 15.2. The van der Waals surface area contributed by atoms with Gasteiger partial charge in [-0.1, -0.05) is 77.9 Å². The predicted octanol–water partition coefficient (Wildman–Crippen LogP) is 7.21. The van der Waals surface area contributed by atoms with Crippen LogP contribution in [0, 0.1) is 20.8 Å². The van der Waals surface area contributed by atoms with Gasteiger partial charge in [-0.2, -0.15) is 0 Å². The second-order valence-corrected chi connectivity index (χ2v) is 8.92. The second-order valence-electron chi connectivity index (χ2n) is 8.92. The highest BCUT2D eigenvalue weighted by Crippen LogP contribution is 2.50. The van der Waals surface area contributed by atoms with Gasteiger partial charge in [0.05, 0.1) is 11.6 Å². The fourth-order valence-electron chi connectivity index (χ4n) is 5.24. The maximum atomic E-state index is 2.61. The highest BCUT2D eigenvalue weighted by molar-refractivity contribution is 6.03. The minimum atomic E-state index is -0.125. The third-order valence-corrected chi connectivity index (χ3v) is 6.26. The molecule has 0 aromatic heterocycles. The number of aryl methyl sites for hydroxylation is 3. The molecule has 0 unspecified atom stereocenters. The molecule has 0 saturated heterocycles. The number of hydrogen-bond acceptors (Lipinski definition) is 1. The molecule has 3 aromatic rings. The fourth-order valence-corrected chi connectivity index (χ4v) is 5.24. The Bertz CT molecular complexity index is 1050. The van der Waals surface area contributed by atoms with E-state index in [0.29, 0.717) is 0 Å². The highest BCUT2D eigenvalue weighted by Gasteiger charge is 2.45. The first kappa shape index (κ1) is 19.5. The molecule has 0 spiro atoms. The molecule has 0 N–H and O–H groups in total. The standard InChI is InChI=1S/C28H31N/c1-19-16-20(2)18-24(17-19)26-22(4)29(25-15-11-10-12-21(25)3)28(5,6)27(26)23-13-8-7-9-14-23/h7-18,22H,1-6H3/t22-/m0/s1. The predicted molar refractivity (Wildman–Crippen MR) is 126 cm³/mol. The minimum absolute atomic E-state index is 0.125. The van der Waals surface area contributed by atoms with Gasteiger partial charge in [0.25, 0.3) is 0 Å². The summed E-state index contributed by atoms with van der Waals surface area (Å²) < 4.78 is 0. The Balaban J connectivity index is 2.00. The number of anilines is 1. The zero-order valence-corrected chi connectivity index (χ0v) is 18.5. The number of nitrogens with zero attached hydrogens (tertiary/aromatic N) is 1. The maximum Gasteiger partial charge on any atom is 0.0613 e. The Morgan fingerprint density at radius 3 is 1.93 bits per heavy atom. The molecule has 0 amide bonds. The quantitative estimate of drug-likeness (QED) is 0.463. The van der Waals surface area contributed by atoms with E-state index in [4.69, 9.17) is 0 Å². The summed E-state index contributed by atoms with van der Waals surface area (Å²) in [6.07, 6.45) is 0. The molecule has 3 aromatic carbocycles. The molecule has 4 rings (SSSR count). The molecule has 1 atom stereocenters. The number of rotatable bonds is 3. The fraction of sp³-hybridized carbons (Fsp3) is 0.286. The van der Waals surface area contributed by atoms with E-state index in [2.05, 4.69) is 119 Å². The van der Waals surface area contributed by atoms with Crippen LogP contribution in [-0.2, 0) is 0 Å². The molecule has 0 fully saturated rings. The molecule has 0 saturated carbocycles. The number of benzene rings is 3. The Morgan fingerprint density at radius 1 is 0.724 bits per heavy atom. The van der Waals surface area contributed by atoms with E-state index in [1.165, 1.54) is 44.7 Å². The van der Waals surface area contributed by atoms with Crippen molar-refractivity contribution in [3.05, 3.63) is 101 Å². The minimum Gasteiger partial charge on any atom is -0.355 e. The van der Waals surface area contributed by atoms with Crippen molar-refractivity contribution < 1.29 is 0 Å². The van der Waals surface area contributed by atoms with Gasteiger partial charge in [-0.25, -0.2) is 0 Å². The Hall–Kier alpha value is -2.80. The average Bonchev–Trinajstić information content (AvgIpc) is 2.88. The Labute approximate surface area is 175 Å². The van der Waals surface area contributed by atoms with Crippen molar-refractivity contribution in [2.24, 2.45) is 0 Å². The lowest BCUT2D eigenvalue weighted by atomic mass is 9.84. The van der Waals surface area contributed by atoms with Crippen molar-refractivity contribution in [1.29, 1.82) is 0 Å². The molecule has 148 valence electrons. The van der Waals surface area contributed by atoms with Crippen molar-refractivity contribution >= 4 is 16.8 Å². The lowest BCUT2D eigenvalue weighted by Gasteiger charge is -2.40. The monoisotopic (exact) mass is 381 g/mol. The molecule has 1 aliphatic heterocycles. The van der Waals surface area contributed by atoms with Gasteiger partial charge in [0.1, 0.15) is 0 Å². The first-order valence-corrected chi connectivity index (χ1v) is 10.5. The van der Waals surface area contributed by atoms with Crippen LogP contribution >= 0.6 is 0 Å². The molecular weight excluding hydrogens is 350 g/mol. The third-order valence-electron chi connectivity index (χ3n) is 6.26. The van der Waals surface area contributed by atoms with Gasteiger partial charge in [0.2, 0.25) is 0 Å². The summed E-state index contributed by atoms with van der Waals surface area (Å²) in [5, 5.41) is 0.